The predicted octanol–water partition coefficient (Wildman–Crippen LogP) is 3.45. The standard InChI is InChI=1S/C22H26N2O3/c1-15(2)27-19-10-8-17(9-11-19)13-23-22(26)18-12-21(25)24(14-18)20-7-5-4-6-16(20)3/h4-11,15,18H,12-14H2,1-3H3,(H,23,26)/t18-/m1/s1. The summed E-state index contributed by atoms with van der Waals surface area (Å²) in [5, 5.41) is 2.95. The van der Waals surface area contributed by atoms with Crippen molar-refractivity contribution in [1.82, 2.24) is 5.32 Å². The third kappa shape index (κ3) is 4.67. The summed E-state index contributed by atoms with van der Waals surface area (Å²) in [6, 6.07) is 15.4. The van der Waals surface area contributed by atoms with Crippen LogP contribution < -0.4 is 15.0 Å². The lowest BCUT2D eigenvalue weighted by molar-refractivity contribution is -0.126. The summed E-state index contributed by atoms with van der Waals surface area (Å²) in [6.07, 6.45) is 0.382. The summed E-state index contributed by atoms with van der Waals surface area (Å²) in [4.78, 5) is 26.6. The van der Waals surface area contributed by atoms with Crippen LogP contribution in [0.25, 0.3) is 0 Å². The molecule has 2 aromatic carbocycles. The van der Waals surface area contributed by atoms with Crippen molar-refractivity contribution in [1.29, 1.82) is 0 Å². The molecule has 1 aliphatic rings. The van der Waals surface area contributed by atoms with Crippen molar-refractivity contribution in [2.45, 2.75) is 39.8 Å². The van der Waals surface area contributed by atoms with E-state index >= 15 is 0 Å². The molecule has 5 nitrogen and oxygen atoms in total. The molecular formula is C22H26N2O3. The molecule has 2 aromatic rings. The second-order valence-electron chi connectivity index (χ2n) is 7.22. The van der Waals surface area contributed by atoms with Crippen molar-refractivity contribution >= 4 is 17.5 Å². The molecule has 0 aromatic heterocycles. The first-order valence-corrected chi connectivity index (χ1v) is 9.33. The third-order valence-corrected chi connectivity index (χ3v) is 4.66. The number of carbonyl (C=O) groups excluding carboxylic acids is 2. The highest BCUT2D eigenvalue weighted by molar-refractivity contribution is 6.00. The van der Waals surface area contributed by atoms with Crippen molar-refractivity contribution in [3.05, 3.63) is 59.7 Å². The molecule has 3 rings (SSSR count). The van der Waals surface area contributed by atoms with Crippen molar-refractivity contribution in [3.8, 4) is 5.75 Å². The highest BCUT2D eigenvalue weighted by Gasteiger charge is 2.35. The highest BCUT2D eigenvalue weighted by Crippen LogP contribution is 2.27. The fraction of sp³-hybridized carbons (Fsp3) is 0.364. The monoisotopic (exact) mass is 366 g/mol. The van der Waals surface area contributed by atoms with Gasteiger partial charge in [0.05, 0.1) is 12.0 Å². The molecule has 0 unspecified atom stereocenters. The van der Waals surface area contributed by atoms with Gasteiger partial charge in [-0.3, -0.25) is 9.59 Å². The maximum absolute atomic E-state index is 12.5. The molecule has 0 spiro atoms. The number of hydrogen-bond acceptors (Lipinski definition) is 3. The number of aryl methyl sites for hydroxylation is 1. The SMILES string of the molecule is Cc1ccccc1N1C[C@H](C(=O)NCc2ccc(OC(C)C)cc2)CC1=O. The van der Waals surface area contributed by atoms with E-state index < -0.39 is 0 Å². The van der Waals surface area contributed by atoms with Crippen LogP contribution in [0.3, 0.4) is 0 Å². The molecule has 0 saturated carbocycles. The maximum atomic E-state index is 12.5. The van der Waals surface area contributed by atoms with Crippen LogP contribution in [0.5, 0.6) is 5.75 Å². The number of rotatable bonds is 6. The van der Waals surface area contributed by atoms with E-state index in [0.29, 0.717) is 13.1 Å². The van der Waals surface area contributed by atoms with Gasteiger partial charge in [0.25, 0.3) is 0 Å². The molecule has 5 heteroatoms. The Balaban J connectivity index is 1.56. The number of nitrogens with one attached hydrogen (secondary N) is 1. The second kappa shape index (κ2) is 8.25. The summed E-state index contributed by atoms with van der Waals surface area (Å²) in [5.41, 5.74) is 2.92. The topological polar surface area (TPSA) is 58.6 Å². The lowest BCUT2D eigenvalue weighted by atomic mass is 10.1. The van der Waals surface area contributed by atoms with E-state index in [-0.39, 0.29) is 30.3 Å². The number of carbonyl (C=O) groups is 2. The Morgan fingerprint density at radius 3 is 2.56 bits per heavy atom. The van der Waals surface area contributed by atoms with Gasteiger partial charge in [-0.2, -0.15) is 0 Å². The zero-order chi connectivity index (χ0) is 19.4. The first-order valence-electron chi connectivity index (χ1n) is 9.33. The van der Waals surface area contributed by atoms with E-state index in [1.165, 1.54) is 0 Å². The van der Waals surface area contributed by atoms with Crippen LogP contribution in [-0.2, 0) is 16.1 Å². The molecule has 1 fully saturated rings. The van der Waals surface area contributed by atoms with Crippen LogP contribution >= 0.6 is 0 Å². The number of benzene rings is 2. The molecule has 27 heavy (non-hydrogen) atoms. The van der Waals surface area contributed by atoms with E-state index in [1.807, 2.05) is 69.3 Å². The summed E-state index contributed by atoms with van der Waals surface area (Å²) in [7, 11) is 0. The van der Waals surface area contributed by atoms with Gasteiger partial charge in [-0.05, 0) is 50.1 Å². The van der Waals surface area contributed by atoms with Crippen molar-refractivity contribution in [2.75, 3.05) is 11.4 Å². The summed E-state index contributed by atoms with van der Waals surface area (Å²) >= 11 is 0. The highest BCUT2D eigenvalue weighted by atomic mass is 16.5. The maximum Gasteiger partial charge on any atom is 0.227 e. The van der Waals surface area contributed by atoms with Gasteiger partial charge in [0, 0.05) is 25.2 Å². The van der Waals surface area contributed by atoms with Crippen LogP contribution in [0, 0.1) is 12.8 Å². The predicted molar refractivity (Wildman–Crippen MR) is 106 cm³/mol. The molecule has 1 atom stereocenters. The average Bonchev–Trinajstić information content (AvgIpc) is 3.02. The Morgan fingerprint density at radius 2 is 1.89 bits per heavy atom. The molecular weight excluding hydrogens is 340 g/mol. The Hall–Kier alpha value is -2.82. The molecule has 1 heterocycles. The van der Waals surface area contributed by atoms with Gasteiger partial charge < -0.3 is 15.0 Å². The largest absolute Gasteiger partial charge is 0.491 e. The minimum absolute atomic E-state index is 0.000336. The van der Waals surface area contributed by atoms with E-state index in [2.05, 4.69) is 5.32 Å². The van der Waals surface area contributed by atoms with Crippen molar-refractivity contribution in [3.63, 3.8) is 0 Å². The van der Waals surface area contributed by atoms with Gasteiger partial charge >= 0.3 is 0 Å². The zero-order valence-electron chi connectivity index (χ0n) is 16.1. The zero-order valence-corrected chi connectivity index (χ0v) is 16.1. The number of para-hydroxylation sites is 1. The quantitative estimate of drug-likeness (QED) is 0.852. The Morgan fingerprint density at radius 1 is 1.19 bits per heavy atom. The number of amides is 2. The van der Waals surface area contributed by atoms with Gasteiger partial charge in [-0.25, -0.2) is 0 Å². The fourth-order valence-corrected chi connectivity index (χ4v) is 3.27. The second-order valence-corrected chi connectivity index (χ2v) is 7.22. The average molecular weight is 366 g/mol. The van der Waals surface area contributed by atoms with E-state index in [4.69, 9.17) is 4.74 Å². The van der Waals surface area contributed by atoms with Gasteiger partial charge in [0.15, 0.2) is 0 Å². The van der Waals surface area contributed by atoms with Crippen LogP contribution in [0.15, 0.2) is 48.5 Å². The minimum atomic E-state index is -0.319. The molecule has 142 valence electrons. The lowest BCUT2D eigenvalue weighted by Crippen LogP contribution is -2.32. The molecule has 0 radical (unpaired) electrons. The van der Waals surface area contributed by atoms with E-state index in [1.54, 1.807) is 4.90 Å². The third-order valence-electron chi connectivity index (χ3n) is 4.66. The molecule has 0 bridgehead atoms. The van der Waals surface area contributed by atoms with Gasteiger partial charge in [0.1, 0.15) is 5.75 Å². The smallest absolute Gasteiger partial charge is 0.227 e. The van der Waals surface area contributed by atoms with Crippen molar-refractivity contribution < 1.29 is 14.3 Å². The van der Waals surface area contributed by atoms with E-state index in [0.717, 1.165) is 22.6 Å². The van der Waals surface area contributed by atoms with Gasteiger partial charge in [-0.15, -0.1) is 0 Å². The Bertz CT molecular complexity index is 815. The number of ether oxygens (including phenoxy) is 1. The van der Waals surface area contributed by atoms with Crippen LogP contribution in [0.2, 0.25) is 0 Å². The number of anilines is 1. The normalized spacial score (nSPS) is 16.7. The van der Waals surface area contributed by atoms with E-state index in [9.17, 15) is 9.59 Å². The summed E-state index contributed by atoms with van der Waals surface area (Å²) < 4.78 is 5.62. The lowest BCUT2D eigenvalue weighted by Gasteiger charge is -2.19. The molecule has 1 aliphatic heterocycles. The Kier molecular flexibility index (Phi) is 5.79. The van der Waals surface area contributed by atoms with Crippen LogP contribution in [0.4, 0.5) is 5.69 Å². The van der Waals surface area contributed by atoms with Gasteiger partial charge in [0.2, 0.25) is 11.8 Å². The fourth-order valence-electron chi connectivity index (χ4n) is 3.27. The van der Waals surface area contributed by atoms with Crippen molar-refractivity contribution in [2.24, 2.45) is 5.92 Å². The van der Waals surface area contributed by atoms with Crippen LogP contribution in [0.1, 0.15) is 31.4 Å². The number of nitrogens with zero attached hydrogens (tertiary/aromatic N) is 1. The first kappa shape index (κ1) is 19.0. The summed E-state index contributed by atoms with van der Waals surface area (Å²) in [5.74, 6) is 0.414. The number of hydrogen-bond donors (Lipinski definition) is 1. The molecule has 1 N–H and O–H groups in total. The van der Waals surface area contributed by atoms with Crippen LogP contribution in [-0.4, -0.2) is 24.5 Å². The van der Waals surface area contributed by atoms with Gasteiger partial charge in [-0.1, -0.05) is 30.3 Å². The molecule has 2 amide bonds. The Labute approximate surface area is 160 Å². The summed E-state index contributed by atoms with van der Waals surface area (Å²) in [6.45, 7) is 6.81. The molecule has 1 saturated heterocycles. The minimum Gasteiger partial charge on any atom is -0.491 e. The first-order chi connectivity index (χ1) is 12.9. The molecule has 0 aliphatic carbocycles.